The van der Waals surface area contributed by atoms with Crippen molar-refractivity contribution in [2.24, 2.45) is 5.92 Å². The number of thioether (sulfide) groups is 1. The van der Waals surface area contributed by atoms with Crippen LogP contribution in [0.5, 0.6) is 17.2 Å². The van der Waals surface area contributed by atoms with E-state index in [-0.39, 0.29) is 29.7 Å². The Morgan fingerprint density at radius 2 is 2.00 bits per heavy atom. The van der Waals surface area contributed by atoms with Gasteiger partial charge in [-0.1, -0.05) is 39.8 Å². The summed E-state index contributed by atoms with van der Waals surface area (Å²) in [6.07, 6.45) is 0.821. The highest BCUT2D eigenvalue weighted by Gasteiger charge is 2.33. The fraction of sp³-hybridized carbons (Fsp3) is 0.409. The lowest BCUT2D eigenvalue weighted by atomic mass is 9.81. The second-order valence-corrected chi connectivity index (χ2v) is 9.12. The number of likely N-dealkylation sites (tertiary alicyclic amines) is 1. The number of carbonyl (C=O) groups excluding carboxylic acids is 1. The molecule has 0 radical (unpaired) electrons. The molecule has 0 aromatic heterocycles. The molecule has 0 bridgehead atoms. The van der Waals surface area contributed by atoms with Gasteiger partial charge in [-0.05, 0) is 42.2 Å². The third-order valence-corrected chi connectivity index (χ3v) is 7.24. The number of piperidine rings is 1. The molecular formula is C22H23BrFNO4S. The summed E-state index contributed by atoms with van der Waals surface area (Å²) in [4.78, 5) is 14.4. The molecule has 0 aliphatic carbocycles. The summed E-state index contributed by atoms with van der Waals surface area (Å²) in [6, 6.07) is 12.2. The number of carbonyl (C=O) groups is 1. The van der Waals surface area contributed by atoms with Gasteiger partial charge in [0.25, 0.3) is 5.24 Å². The third-order valence-electron chi connectivity index (χ3n) is 5.40. The fourth-order valence-corrected chi connectivity index (χ4v) is 4.99. The van der Waals surface area contributed by atoms with Gasteiger partial charge in [-0.2, -0.15) is 0 Å². The number of nitrogens with zero attached hydrogens (tertiary/aromatic N) is 1. The summed E-state index contributed by atoms with van der Waals surface area (Å²) < 4.78 is 30.3. The molecule has 160 valence electrons. The molecule has 2 aromatic rings. The maximum atomic E-state index is 13.4. The van der Waals surface area contributed by atoms with Crippen molar-refractivity contribution >= 4 is 32.9 Å². The molecule has 0 spiro atoms. The van der Waals surface area contributed by atoms with Crippen molar-refractivity contribution in [2.45, 2.75) is 12.3 Å². The Morgan fingerprint density at radius 3 is 2.80 bits per heavy atom. The zero-order chi connectivity index (χ0) is 20.9. The van der Waals surface area contributed by atoms with E-state index in [1.807, 2.05) is 35.2 Å². The number of benzene rings is 2. The molecule has 30 heavy (non-hydrogen) atoms. The highest BCUT2D eigenvalue weighted by atomic mass is 79.9. The van der Waals surface area contributed by atoms with Gasteiger partial charge in [-0.15, -0.1) is 0 Å². The molecule has 0 N–H and O–H groups in total. The van der Waals surface area contributed by atoms with Crippen molar-refractivity contribution in [1.29, 1.82) is 0 Å². The number of hydrogen-bond donors (Lipinski definition) is 0. The predicted octanol–water partition coefficient (Wildman–Crippen LogP) is 5.29. The van der Waals surface area contributed by atoms with Crippen LogP contribution in [0, 0.1) is 11.7 Å². The summed E-state index contributed by atoms with van der Waals surface area (Å²) in [5.41, 5.74) is 1.08. The van der Waals surface area contributed by atoms with Gasteiger partial charge in [0.05, 0.1) is 6.61 Å². The van der Waals surface area contributed by atoms with Crippen LogP contribution in [0.3, 0.4) is 0 Å². The first kappa shape index (κ1) is 21.3. The van der Waals surface area contributed by atoms with E-state index in [1.54, 1.807) is 0 Å². The zero-order valence-corrected chi connectivity index (χ0v) is 18.8. The molecule has 2 aliphatic heterocycles. The lowest BCUT2D eigenvalue weighted by Crippen LogP contribution is -2.43. The minimum atomic E-state index is -0.245. The van der Waals surface area contributed by atoms with Crippen molar-refractivity contribution in [1.82, 2.24) is 4.90 Å². The van der Waals surface area contributed by atoms with Crippen molar-refractivity contribution in [3.63, 3.8) is 0 Å². The SMILES string of the molecule is O=C(SCCBr)N1CC[C@@H](c2ccc(F)cc2)[C@H](COc2ccc3c(c2)OCO3)C1. The predicted molar refractivity (Wildman–Crippen MR) is 119 cm³/mol. The quantitative estimate of drug-likeness (QED) is 0.509. The molecule has 1 fully saturated rings. The second-order valence-electron chi connectivity index (χ2n) is 7.28. The lowest BCUT2D eigenvalue weighted by molar-refractivity contribution is 0.133. The van der Waals surface area contributed by atoms with E-state index in [4.69, 9.17) is 14.2 Å². The summed E-state index contributed by atoms with van der Waals surface area (Å²) >= 11 is 4.70. The van der Waals surface area contributed by atoms with Gasteiger partial charge < -0.3 is 19.1 Å². The Bertz CT molecular complexity index is 882. The van der Waals surface area contributed by atoms with Crippen LogP contribution in [0.2, 0.25) is 0 Å². The topological polar surface area (TPSA) is 48.0 Å². The minimum Gasteiger partial charge on any atom is -0.493 e. The number of rotatable bonds is 6. The van der Waals surface area contributed by atoms with Crippen molar-refractivity contribution in [2.75, 3.05) is 37.6 Å². The molecule has 2 heterocycles. The largest absolute Gasteiger partial charge is 0.493 e. The Hall–Kier alpha value is -1.93. The number of hydrogen-bond acceptors (Lipinski definition) is 5. The number of halogens is 2. The molecule has 1 amide bonds. The monoisotopic (exact) mass is 495 g/mol. The number of alkyl halides is 1. The van der Waals surface area contributed by atoms with Crippen molar-refractivity contribution in [3.05, 3.63) is 53.8 Å². The third kappa shape index (κ3) is 5.03. The summed E-state index contributed by atoms with van der Waals surface area (Å²) in [5.74, 6) is 2.89. The van der Waals surface area contributed by atoms with Gasteiger partial charge in [0, 0.05) is 36.2 Å². The number of amides is 1. The Labute approximate surface area is 188 Å². The molecule has 5 nitrogen and oxygen atoms in total. The number of fused-ring (bicyclic) bond motifs is 1. The highest BCUT2D eigenvalue weighted by Crippen LogP contribution is 2.37. The molecule has 0 saturated carbocycles. The van der Waals surface area contributed by atoms with Crippen LogP contribution in [-0.4, -0.2) is 47.7 Å². The van der Waals surface area contributed by atoms with Crippen LogP contribution in [0.1, 0.15) is 17.9 Å². The van der Waals surface area contributed by atoms with Gasteiger partial charge in [-0.25, -0.2) is 4.39 Å². The summed E-state index contributed by atoms with van der Waals surface area (Å²) in [6.45, 7) is 1.98. The van der Waals surface area contributed by atoms with E-state index < -0.39 is 0 Å². The van der Waals surface area contributed by atoms with Crippen LogP contribution >= 0.6 is 27.7 Å². The van der Waals surface area contributed by atoms with Crippen LogP contribution in [-0.2, 0) is 0 Å². The summed E-state index contributed by atoms with van der Waals surface area (Å²) in [5, 5.41) is 0.881. The maximum Gasteiger partial charge on any atom is 0.281 e. The minimum absolute atomic E-state index is 0.0973. The van der Waals surface area contributed by atoms with Crippen LogP contribution in [0.4, 0.5) is 9.18 Å². The van der Waals surface area contributed by atoms with E-state index in [2.05, 4.69) is 15.9 Å². The molecule has 2 atom stereocenters. The first-order valence-corrected chi connectivity index (χ1v) is 12.0. The molecule has 4 rings (SSSR count). The van der Waals surface area contributed by atoms with Gasteiger partial charge in [0.1, 0.15) is 11.6 Å². The molecule has 2 aliphatic rings. The van der Waals surface area contributed by atoms with E-state index >= 15 is 0 Å². The Balaban J connectivity index is 1.47. The first-order valence-electron chi connectivity index (χ1n) is 9.89. The van der Waals surface area contributed by atoms with Crippen LogP contribution < -0.4 is 14.2 Å². The molecule has 1 saturated heterocycles. The van der Waals surface area contributed by atoms with Crippen molar-refractivity contribution < 1.29 is 23.4 Å². The molecule has 8 heteroatoms. The van der Waals surface area contributed by atoms with E-state index in [1.165, 1.54) is 23.9 Å². The normalized spacial score (nSPS) is 20.3. The average molecular weight is 496 g/mol. The second kappa shape index (κ2) is 9.92. The fourth-order valence-electron chi connectivity index (χ4n) is 3.90. The Kier molecular flexibility index (Phi) is 7.04. The van der Waals surface area contributed by atoms with E-state index in [9.17, 15) is 9.18 Å². The smallest absolute Gasteiger partial charge is 0.281 e. The maximum absolute atomic E-state index is 13.4. The van der Waals surface area contributed by atoms with E-state index in [0.29, 0.717) is 36.9 Å². The van der Waals surface area contributed by atoms with Gasteiger partial charge in [0.2, 0.25) is 6.79 Å². The van der Waals surface area contributed by atoms with Crippen molar-refractivity contribution in [3.8, 4) is 17.2 Å². The average Bonchev–Trinajstić information content (AvgIpc) is 3.24. The summed E-state index contributed by atoms with van der Waals surface area (Å²) in [7, 11) is 0. The van der Waals surface area contributed by atoms with Gasteiger partial charge in [0.15, 0.2) is 11.5 Å². The van der Waals surface area contributed by atoms with Crippen LogP contribution in [0.25, 0.3) is 0 Å². The van der Waals surface area contributed by atoms with Crippen LogP contribution in [0.15, 0.2) is 42.5 Å². The zero-order valence-electron chi connectivity index (χ0n) is 16.4. The molecule has 2 aromatic carbocycles. The standard InChI is InChI=1S/C22H23BrFNO4S/c23-8-10-30-22(26)25-9-7-19(15-1-3-17(24)4-2-15)16(12-25)13-27-18-5-6-20-21(11-18)29-14-28-20/h1-6,11,16,19H,7-10,12-14H2/t16-,19-/m0/s1. The lowest BCUT2D eigenvalue weighted by Gasteiger charge is -2.38. The van der Waals surface area contributed by atoms with Gasteiger partial charge in [-0.3, -0.25) is 4.79 Å². The first-order chi connectivity index (χ1) is 14.6. The molecule has 0 unspecified atom stereocenters. The number of ether oxygens (including phenoxy) is 3. The van der Waals surface area contributed by atoms with Gasteiger partial charge >= 0.3 is 0 Å². The molecular weight excluding hydrogens is 473 g/mol. The van der Waals surface area contributed by atoms with E-state index in [0.717, 1.165) is 23.1 Å². The highest BCUT2D eigenvalue weighted by molar-refractivity contribution is 9.09. The Morgan fingerprint density at radius 1 is 1.20 bits per heavy atom.